The van der Waals surface area contributed by atoms with Crippen molar-refractivity contribution in [3.63, 3.8) is 0 Å². The molecule has 26 heavy (non-hydrogen) atoms. The van der Waals surface area contributed by atoms with Gasteiger partial charge in [-0.05, 0) is 72.8 Å². The smallest absolute Gasteiger partial charge is 0.335 e. The quantitative estimate of drug-likeness (QED) is 0.834. The van der Waals surface area contributed by atoms with Gasteiger partial charge in [0.2, 0.25) is 0 Å². The molecule has 4 rings (SSSR count). The molecule has 1 aliphatic carbocycles. The van der Waals surface area contributed by atoms with Crippen molar-refractivity contribution in [2.45, 2.75) is 32.1 Å². The summed E-state index contributed by atoms with van der Waals surface area (Å²) in [6.07, 6.45) is 1.16. The number of carbonyl (C=O) groups is 1. The van der Waals surface area contributed by atoms with Crippen molar-refractivity contribution in [2.75, 3.05) is 19.6 Å². The Hall–Kier alpha value is -1.84. The first kappa shape index (κ1) is 17.6. The summed E-state index contributed by atoms with van der Waals surface area (Å²) >= 11 is 6.46. The van der Waals surface area contributed by atoms with E-state index in [9.17, 15) is 9.90 Å². The number of hydrogen-bond acceptors (Lipinski definition) is 2. The van der Waals surface area contributed by atoms with E-state index >= 15 is 0 Å². The van der Waals surface area contributed by atoms with Gasteiger partial charge >= 0.3 is 5.97 Å². The fourth-order valence-electron chi connectivity index (χ4n) is 4.85. The molecule has 0 amide bonds. The molecule has 2 aliphatic rings. The Balaban J connectivity index is 1.79. The molecule has 0 radical (unpaired) electrons. The molecule has 1 saturated heterocycles. The first-order valence-corrected chi connectivity index (χ1v) is 9.73. The molecule has 4 heteroatoms. The van der Waals surface area contributed by atoms with Gasteiger partial charge in [0.25, 0.3) is 0 Å². The second kappa shape index (κ2) is 6.71. The summed E-state index contributed by atoms with van der Waals surface area (Å²) in [7, 11) is 0. The number of hydrogen-bond donors (Lipinski definition) is 1. The Bertz CT molecular complexity index is 846. The SMILES string of the molecule is CCN1CC[C@H]2[C@H](c3ccc(C(=O)O)cc3)c3cc(C)c(Cl)cc3[C@H]2C1. The van der Waals surface area contributed by atoms with Gasteiger partial charge in [-0.15, -0.1) is 0 Å². The van der Waals surface area contributed by atoms with Crippen LogP contribution in [0.4, 0.5) is 0 Å². The number of likely N-dealkylation sites (tertiary alicyclic amines) is 1. The molecule has 0 spiro atoms. The average molecular weight is 370 g/mol. The summed E-state index contributed by atoms with van der Waals surface area (Å²) in [6.45, 7) is 7.57. The lowest BCUT2D eigenvalue weighted by molar-refractivity contribution is 0.0697. The van der Waals surface area contributed by atoms with Crippen molar-refractivity contribution in [3.05, 3.63) is 69.2 Å². The van der Waals surface area contributed by atoms with Crippen molar-refractivity contribution in [2.24, 2.45) is 5.92 Å². The number of nitrogens with zero attached hydrogens (tertiary/aromatic N) is 1. The fraction of sp³-hybridized carbons (Fsp3) is 0.409. The van der Waals surface area contributed by atoms with E-state index in [2.05, 4.69) is 30.9 Å². The second-order valence-electron chi connectivity index (χ2n) is 7.59. The standard InChI is InChI=1S/C22H24ClNO2/c1-3-24-9-8-16-19(12-24)17-11-20(23)13(2)10-18(17)21(16)14-4-6-15(7-5-14)22(25)26/h4-7,10-11,16,19,21H,3,8-9,12H2,1-2H3,(H,25,26)/t16-,19+,21+/m1/s1. The minimum atomic E-state index is -0.875. The molecule has 1 heterocycles. The predicted octanol–water partition coefficient (Wildman–Crippen LogP) is 4.92. The van der Waals surface area contributed by atoms with E-state index in [0.717, 1.165) is 36.6 Å². The Morgan fingerprint density at radius 3 is 2.62 bits per heavy atom. The van der Waals surface area contributed by atoms with E-state index in [1.54, 1.807) is 12.1 Å². The van der Waals surface area contributed by atoms with E-state index in [0.29, 0.717) is 23.3 Å². The van der Waals surface area contributed by atoms with E-state index in [1.165, 1.54) is 16.7 Å². The minimum absolute atomic E-state index is 0.327. The van der Waals surface area contributed by atoms with E-state index < -0.39 is 5.97 Å². The van der Waals surface area contributed by atoms with Gasteiger partial charge in [0.05, 0.1) is 5.56 Å². The summed E-state index contributed by atoms with van der Waals surface area (Å²) < 4.78 is 0. The summed E-state index contributed by atoms with van der Waals surface area (Å²) in [6, 6.07) is 11.9. The number of aromatic carboxylic acids is 1. The van der Waals surface area contributed by atoms with Gasteiger partial charge in [0.15, 0.2) is 0 Å². The number of halogens is 1. The van der Waals surface area contributed by atoms with Gasteiger partial charge in [-0.3, -0.25) is 0 Å². The highest BCUT2D eigenvalue weighted by Gasteiger charge is 2.44. The Morgan fingerprint density at radius 1 is 1.23 bits per heavy atom. The molecule has 0 unspecified atom stereocenters. The lowest BCUT2D eigenvalue weighted by Crippen LogP contribution is -2.38. The van der Waals surface area contributed by atoms with Gasteiger partial charge in [-0.1, -0.05) is 36.7 Å². The number of fused-ring (bicyclic) bond motifs is 3. The lowest BCUT2D eigenvalue weighted by Gasteiger charge is -2.37. The highest BCUT2D eigenvalue weighted by atomic mass is 35.5. The largest absolute Gasteiger partial charge is 0.478 e. The Labute approximate surface area is 159 Å². The van der Waals surface area contributed by atoms with Crippen LogP contribution in [0.25, 0.3) is 0 Å². The van der Waals surface area contributed by atoms with Crippen LogP contribution in [0.2, 0.25) is 5.02 Å². The van der Waals surface area contributed by atoms with Crippen LogP contribution in [-0.4, -0.2) is 35.6 Å². The summed E-state index contributed by atoms with van der Waals surface area (Å²) in [5.41, 5.74) is 5.44. The van der Waals surface area contributed by atoms with Crippen LogP contribution in [0, 0.1) is 12.8 Å². The van der Waals surface area contributed by atoms with Crippen LogP contribution < -0.4 is 0 Å². The Kier molecular flexibility index (Phi) is 4.54. The third-order valence-corrected chi connectivity index (χ3v) is 6.65. The van der Waals surface area contributed by atoms with Crippen LogP contribution in [0.5, 0.6) is 0 Å². The number of carboxylic acid groups (broad SMARTS) is 1. The molecular weight excluding hydrogens is 346 g/mol. The maximum Gasteiger partial charge on any atom is 0.335 e. The molecule has 1 aliphatic heterocycles. The third kappa shape index (κ3) is 2.83. The molecule has 136 valence electrons. The second-order valence-corrected chi connectivity index (χ2v) is 7.99. The molecule has 2 aromatic carbocycles. The van der Waals surface area contributed by atoms with Crippen LogP contribution in [0.15, 0.2) is 36.4 Å². The fourth-order valence-corrected chi connectivity index (χ4v) is 5.03. The van der Waals surface area contributed by atoms with E-state index in [1.807, 2.05) is 12.1 Å². The number of carboxylic acids is 1. The maximum atomic E-state index is 11.2. The summed E-state index contributed by atoms with van der Waals surface area (Å²) in [5.74, 6) is 0.509. The first-order chi connectivity index (χ1) is 12.5. The van der Waals surface area contributed by atoms with Gasteiger partial charge in [0.1, 0.15) is 0 Å². The third-order valence-electron chi connectivity index (χ3n) is 6.24. The molecule has 1 N–H and O–H groups in total. The summed E-state index contributed by atoms with van der Waals surface area (Å²) in [4.78, 5) is 13.7. The molecule has 0 aromatic heterocycles. The normalized spacial score (nSPS) is 25.0. The Morgan fingerprint density at radius 2 is 1.96 bits per heavy atom. The molecule has 1 fully saturated rings. The first-order valence-electron chi connectivity index (χ1n) is 9.35. The van der Waals surface area contributed by atoms with E-state index in [4.69, 9.17) is 11.6 Å². The van der Waals surface area contributed by atoms with Crippen molar-refractivity contribution in [1.82, 2.24) is 4.90 Å². The molecule has 2 aromatic rings. The number of aryl methyl sites for hydroxylation is 1. The van der Waals surface area contributed by atoms with Crippen LogP contribution in [-0.2, 0) is 0 Å². The number of piperidine rings is 1. The molecule has 0 bridgehead atoms. The molecule has 3 atom stereocenters. The zero-order chi connectivity index (χ0) is 18.4. The topological polar surface area (TPSA) is 40.5 Å². The highest BCUT2D eigenvalue weighted by molar-refractivity contribution is 6.31. The van der Waals surface area contributed by atoms with Gasteiger partial charge in [-0.2, -0.15) is 0 Å². The number of rotatable bonds is 3. The monoisotopic (exact) mass is 369 g/mol. The zero-order valence-corrected chi connectivity index (χ0v) is 16.0. The van der Waals surface area contributed by atoms with E-state index in [-0.39, 0.29) is 0 Å². The number of likely N-dealkylation sites (N-methyl/N-ethyl adjacent to an activating group) is 1. The molecule has 0 saturated carbocycles. The predicted molar refractivity (Wildman–Crippen MR) is 104 cm³/mol. The van der Waals surface area contributed by atoms with Crippen LogP contribution in [0.1, 0.15) is 57.8 Å². The van der Waals surface area contributed by atoms with Crippen LogP contribution >= 0.6 is 11.6 Å². The van der Waals surface area contributed by atoms with Crippen molar-refractivity contribution < 1.29 is 9.90 Å². The molecule has 3 nitrogen and oxygen atoms in total. The van der Waals surface area contributed by atoms with Crippen molar-refractivity contribution in [3.8, 4) is 0 Å². The lowest BCUT2D eigenvalue weighted by atomic mass is 9.78. The van der Waals surface area contributed by atoms with Gasteiger partial charge < -0.3 is 10.0 Å². The van der Waals surface area contributed by atoms with Crippen molar-refractivity contribution in [1.29, 1.82) is 0 Å². The zero-order valence-electron chi connectivity index (χ0n) is 15.2. The number of benzene rings is 2. The van der Waals surface area contributed by atoms with Crippen LogP contribution in [0.3, 0.4) is 0 Å². The van der Waals surface area contributed by atoms with Gasteiger partial charge in [-0.25, -0.2) is 4.79 Å². The van der Waals surface area contributed by atoms with Crippen molar-refractivity contribution >= 4 is 17.6 Å². The summed E-state index contributed by atoms with van der Waals surface area (Å²) in [5, 5.41) is 10.0. The van der Waals surface area contributed by atoms with Gasteiger partial charge in [0, 0.05) is 23.4 Å². The highest BCUT2D eigenvalue weighted by Crippen LogP contribution is 2.54. The minimum Gasteiger partial charge on any atom is -0.478 e. The molecular formula is C22H24ClNO2. The maximum absolute atomic E-state index is 11.2. The average Bonchev–Trinajstić information content (AvgIpc) is 2.94.